The molecule has 4 nitrogen and oxygen atoms in total. The molecule has 88 valence electrons. The fourth-order valence-corrected chi connectivity index (χ4v) is 3.64. The Balaban J connectivity index is 2.18. The monoisotopic (exact) mass is 240 g/mol. The maximum Gasteiger partial charge on any atom is 0.235 e. The highest BCUT2D eigenvalue weighted by Crippen LogP contribution is 2.27. The van der Waals surface area contributed by atoms with Gasteiger partial charge in [-0.15, -0.1) is 0 Å². The highest BCUT2D eigenvalue weighted by Gasteiger charge is 2.28. The molecule has 16 heavy (non-hydrogen) atoms. The molecule has 0 heterocycles. The standard InChI is InChI=1S/C11H16N2O2S/c12-10-7-3-4-8-11(10)13-16(14,15)9-5-1-2-6-9/h3-4,7-9,13H,1-2,5-6,12H2. The van der Waals surface area contributed by atoms with Crippen LogP contribution >= 0.6 is 0 Å². The number of benzene rings is 1. The fraction of sp³-hybridized carbons (Fsp3) is 0.455. The Morgan fingerprint density at radius 1 is 1.19 bits per heavy atom. The molecule has 1 aromatic rings. The first-order valence-corrected chi connectivity index (χ1v) is 7.00. The molecule has 1 aromatic carbocycles. The smallest absolute Gasteiger partial charge is 0.235 e. The van der Waals surface area contributed by atoms with Gasteiger partial charge < -0.3 is 5.73 Å². The number of anilines is 2. The molecule has 0 aromatic heterocycles. The zero-order valence-electron chi connectivity index (χ0n) is 9.02. The van der Waals surface area contributed by atoms with E-state index in [2.05, 4.69) is 4.72 Å². The Bertz CT molecular complexity index is 465. The van der Waals surface area contributed by atoms with Crippen molar-refractivity contribution < 1.29 is 8.42 Å². The van der Waals surface area contributed by atoms with E-state index in [-0.39, 0.29) is 5.25 Å². The van der Waals surface area contributed by atoms with E-state index in [1.165, 1.54) is 0 Å². The Morgan fingerprint density at radius 2 is 1.81 bits per heavy atom. The molecule has 0 unspecified atom stereocenters. The van der Waals surface area contributed by atoms with Gasteiger partial charge in [-0.25, -0.2) is 8.42 Å². The topological polar surface area (TPSA) is 72.2 Å². The molecule has 0 radical (unpaired) electrons. The molecule has 1 fully saturated rings. The van der Waals surface area contributed by atoms with Gasteiger partial charge in [0.25, 0.3) is 0 Å². The maximum absolute atomic E-state index is 12.0. The zero-order valence-corrected chi connectivity index (χ0v) is 9.83. The maximum atomic E-state index is 12.0. The molecule has 3 N–H and O–H groups in total. The predicted octanol–water partition coefficient (Wildman–Crippen LogP) is 1.95. The lowest BCUT2D eigenvalue weighted by Gasteiger charge is -2.14. The lowest BCUT2D eigenvalue weighted by Crippen LogP contribution is -2.25. The number of hydrogen-bond acceptors (Lipinski definition) is 3. The molecule has 2 rings (SSSR count). The first-order chi connectivity index (χ1) is 7.59. The lowest BCUT2D eigenvalue weighted by molar-refractivity contribution is 0.585. The molecular weight excluding hydrogens is 224 g/mol. The van der Waals surface area contributed by atoms with Crippen LogP contribution in [0.3, 0.4) is 0 Å². The van der Waals surface area contributed by atoms with E-state index in [0.29, 0.717) is 11.4 Å². The normalized spacial score (nSPS) is 17.5. The molecule has 1 aliphatic carbocycles. The van der Waals surface area contributed by atoms with E-state index in [9.17, 15) is 8.42 Å². The molecule has 5 heteroatoms. The van der Waals surface area contributed by atoms with Crippen molar-refractivity contribution in [3.8, 4) is 0 Å². The number of nitrogens with two attached hydrogens (primary N) is 1. The first kappa shape index (κ1) is 11.3. The van der Waals surface area contributed by atoms with Gasteiger partial charge in [0.15, 0.2) is 0 Å². The molecular formula is C11H16N2O2S. The van der Waals surface area contributed by atoms with Crippen LogP contribution in [-0.4, -0.2) is 13.7 Å². The molecule has 0 atom stereocenters. The summed E-state index contributed by atoms with van der Waals surface area (Å²) in [6, 6.07) is 6.92. The summed E-state index contributed by atoms with van der Waals surface area (Å²) in [4.78, 5) is 0. The van der Waals surface area contributed by atoms with E-state index in [1.54, 1.807) is 24.3 Å². The van der Waals surface area contributed by atoms with Crippen LogP contribution in [0.1, 0.15) is 25.7 Å². The van der Waals surface area contributed by atoms with Gasteiger partial charge in [-0.1, -0.05) is 25.0 Å². The summed E-state index contributed by atoms with van der Waals surface area (Å²) < 4.78 is 26.6. The largest absolute Gasteiger partial charge is 0.397 e. The van der Waals surface area contributed by atoms with Crippen molar-refractivity contribution in [2.24, 2.45) is 0 Å². The summed E-state index contributed by atoms with van der Waals surface area (Å²) in [5.74, 6) is 0. The molecule has 0 bridgehead atoms. The van der Waals surface area contributed by atoms with Gasteiger partial charge in [0, 0.05) is 0 Å². The predicted molar refractivity (Wildman–Crippen MR) is 65.7 cm³/mol. The Labute approximate surface area is 95.9 Å². The number of sulfonamides is 1. The minimum Gasteiger partial charge on any atom is -0.397 e. The number of para-hydroxylation sites is 2. The zero-order chi connectivity index (χ0) is 11.6. The molecule has 0 spiro atoms. The second kappa shape index (κ2) is 4.33. The third kappa shape index (κ3) is 2.29. The quantitative estimate of drug-likeness (QED) is 0.793. The summed E-state index contributed by atoms with van der Waals surface area (Å²) in [5, 5.41) is -0.257. The summed E-state index contributed by atoms with van der Waals surface area (Å²) in [6.07, 6.45) is 3.50. The number of nitrogens with one attached hydrogen (secondary N) is 1. The van der Waals surface area contributed by atoms with Crippen LogP contribution in [0.15, 0.2) is 24.3 Å². The van der Waals surface area contributed by atoms with Crippen LogP contribution in [0.5, 0.6) is 0 Å². The van der Waals surface area contributed by atoms with Gasteiger partial charge in [-0.05, 0) is 25.0 Å². The van der Waals surface area contributed by atoms with E-state index < -0.39 is 10.0 Å². The number of rotatable bonds is 3. The van der Waals surface area contributed by atoms with E-state index >= 15 is 0 Å². The van der Waals surface area contributed by atoms with E-state index in [1.807, 2.05) is 0 Å². The molecule has 0 amide bonds. The highest BCUT2D eigenvalue weighted by molar-refractivity contribution is 7.93. The summed E-state index contributed by atoms with van der Waals surface area (Å²) in [5.41, 5.74) is 6.64. The minimum absolute atomic E-state index is 0.257. The summed E-state index contributed by atoms with van der Waals surface area (Å²) in [7, 11) is -3.27. The van der Waals surface area contributed by atoms with Crippen molar-refractivity contribution >= 4 is 21.4 Å². The summed E-state index contributed by atoms with van der Waals surface area (Å²) in [6.45, 7) is 0. The third-order valence-corrected chi connectivity index (χ3v) is 4.81. The van der Waals surface area contributed by atoms with Gasteiger partial charge in [0.2, 0.25) is 10.0 Å². The highest BCUT2D eigenvalue weighted by atomic mass is 32.2. The van der Waals surface area contributed by atoms with Crippen molar-refractivity contribution in [2.45, 2.75) is 30.9 Å². The van der Waals surface area contributed by atoms with Crippen molar-refractivity contribution in [3.05, 3.63) is 24.3 Å². The van der Waals surface area contributed by atoms with Crippen LogP contribution in [0.25, 0.3) is 0 Å². The fourth-order valence-electron chi connectivity index (χ4n) is 2.03. The van der Waals surface area contributed by atoms with Gasteiger partial charge >= 0.3 is 0 Å². The van der Waals surface area contributed by atoms with Crippen LogP contribution in [0.4, 0.5) is 11.4 Å². The minimum atomic E-state index is -3.27. The molecule has 1 saturated carbocycles. The van der Waals surface area contributed by atoms with E-state index in [0.717, 1.165) is 25.7 Å². The van der Waals surface area contributed by atoms with Crippen molar-refractivity contribution in [1.29, 1.82) is 0 Å². The van der Waals surface area contributed by atoms with E-state index in [4.69, 9.17) is 5.73 Å². The molecule has 0 aliphatic heterocycles. The van der Waals surface area contributed by atoms with Gasteiger partial charge in [-0.3, -0.25) is 4.72 Å². The number of hydrogen-bond donors (Lipinski definition) is 2. The SMILES string of the molecule is Nc1ccccc1NS(=O)(=O)C1CCCC1. The number of nitrogen functional groups attached to an aromatic ring is 1. The van der Waals surface area contributed by atoms with Crippen molar-refractivity contribution in [2.75, 3.05) is 10.5 Å². The summed E-state index contributed by atoms with van der Waals surface area (Å²) >= 11 is 0. The van der Waals surface area contributed by atoms with Gasteiger partial charge in [0.1, 0.15) is 0 Å². The van der Waals surface area contributed by atoms with Crippen LogP contribution in [0, 0.1) is 0 Å². The second-order valence-electron chi connectivity index (χ2n) is 4.14. The van der Waals surface area contributed by atoms with Crippen LogP contribution in [-0.2, 0) is 10.0 Å². The molecule has 0 saturated heterocycles. The Morgan fingerprint density at radius 3 is 2.44 bits per heavy atom. The van der Waals surface area contributed by atoms with Crippen LogP contribution < -0.4 is 10.5 Å². The first-order valence-electron chi connectivity index (χ1n) is 5.46. The Kier molecular flexibility index (Phi) is 3.05. The van der Waals surface area contributed by atoms with Crippen molar-refractivity contribution in [1.82, 2.24) is 0 Å². The second-order valence-corrected chi connectivity index (χ2v) is 6.10. The van der Waals surface area contributed by atoms with Gasteiger partial charge in [-0.2, -0.15) is 0 Å². The third-order valence-electron chi connectivity index (χ3n) is 2.95. The van der Waals surface area contributed by atoms with Gasteiger partial charge in [0.05, 0.1) is 16.6 Å². The average Bonchev–Trinajstić information content (AvgIpc) is 2.75. The lowest BCUT2D eigenvalue weighted by atomic mass is 10.3. The average molecular weight is 240 g/mol. The van der Waals surface area contributed by atoms with Crippen molar-refractivity contribution in [3.63, 3.8) is 0 Å². The van der Waals surface area contributed by atoms with Crippen LogP contribution in [0.2, 0.25) is 0 Å². The Hall–Kier alpha value is -1.23. The molecule has 1 aliphatic rings.